The number of hydrogen-bond donors (Lipinski definition) is 3. The number of H-pyrrole nitrogens is 1. The number of rotatable bonds is 9. The second kappa shape index (κ2) is 10.6. The summed E-state index contributed by atoms with van der Waals surface area (Å²) in [4.78, 5) is 7.45. The van der Waals surface area contributed by atoms with Crippen LogP contribution >= 0.6 is 0 Å². The number of aliphatic imine (C=N–C) groups is 1. The van der Waals surface area contributed by atoms with Gasteiger partial charge in [0.25, 0.3) is 0 Å². The lowest BCUT2D eigenvalue weighted by molar-refractivity contribution is 0.368. The van der Waals surface area contributed by atoms with Gasteiger partial charge in [-0.25, -0.2) is 4.39 Å². The molecule has 0 atom stereocenters. The third kappa shape index (κ3) is 5.39. The lowest BCUT2D eigenvalue weighted by atomic mass is 10.1. The van der Waals surface area contributed by atoms with Gasteiger partial charge in [-0.1, -0.05) is 0 Å². The lowest BCUT2D eigenvalue weighted by Crippen LogP contribution is -2.39. The number of hydrogen-bond acceptors (Lipinski definition) is 4. The summed E-state index contributed by atoms with van der Waals surface area (Å²) in [5, 5.41) is 7.51. The molecule has 3 rings (SSSR count). The molecule has 2 aromatic carbocycles. The molecule has 0 saturated heterocycles. The van der Waals surface area contributed by atoms with Crippen LogP contribution in [0.2, 0.25) is 0 Å². The Morgan fingerprint density at radius 1 is 0.968 bits per heavy atom. The summed E-state index contributed by atoms with van der Waals surface area (Å²) in [6.45, 7) is 1.30. The molecule has 0 aliphatic rings. The van der Waals surface area contributed by atoms with Gasteiger partial charge in [0.15, 0.2) is 5.96 Å². The van der Waals surface area contributed by atoms with Crippen molar-refractivity contribution in [2.75, 3.05) is 41.5 Å². The van der Waals surface area contributed by atoms with Crippen molar-refractivity contribution in [3.05, 3.63) is 53.5 Å². The Morgan fingerprint density at radius 3 is 2.26 bits per heavy atom. The van der Waals surface area contributed by atoms with E-state index in [0.29, 0.717) is 42.7 Å². The van der Waals surface area contributed by atoms with Gasteiger partial charge in [-0.2, -0.15) is 0 Å². The molecule has 0 saturated carbocycles. The van der Waals surface area contributed by atoms with Crippen molar-refractivity contribution >= 4 is 16.9 Å². The van der Waals surface area contributed by atoms with E-state index in [9.17, 15) is 4.39 Å². The van der Waals surface area contributed by atoms with Crippen molar-refractivity contribution in [1.29, 1.82) is 0 Å². The van der Waals surface area contributed by atoms with Crippen molar-refractivity contribution in [2.24, 2.45) is 4.99 Å². The molecular formula is C23H29FN4O3. The SMILES string of the molecule is CN=C(NCCc1c(OC)cc(OC)cc1OC)NCCc1c[nH]c2ccc(F)cc12. The standard InChI is InChI=1S/C23H29FN4O3/c1-25-23(26-9-7-15-14-28-20-6-5-16(24)11-19(15)20)27-10-8-18-21(30-3)12-17(29-2)13-22(18)31-4/h5-6,11-14,28H,7-10H2,1-4H3,(H2,25,26,27). The van der Waals surface area contributed by atoms with Gasteiger partial charge in [-0.15, -0.1) is 0 Å². The number of ether oxygens (including phenoxy) is 3. The van der Waals surface area contributed by atoms with Crippen LogP contribution in [0.3, 0.4) is 0 Å². The van der Waals surface area contributed by atoms with Gasteiger partial charge >= 0.3 is 0 Å². The first kappa shape index (κ1) is 22.3. The summed E-state index contributed by atoms with van der Waals surface area (Å²) in [7, 11) is 6.59. The van der Waals surface area contributed by atoms with Gasteiger partial charge in [0.05, 0.1) is 21.3 Å². The van der Waals surface area contributed by atoms with Crippen LogP contribution in [0.4, 0.5) is 4.39 Å². The molecule has 1 heterocycles. The molecule has 0 spiro atoms. The van der Waals surface area contributed by atoms with Gasteiger partial charge in [0.1, 0.15) is 23.1 Å². The Balaban J connectivity index is 1.55. The molecule has 0 unspecified atom stereocenters. The van der Waals surface area contributed by atoms with Gasteiger partial charge in [-0.05, 0) is 36.6 Å². The van der Waals surface area contributed by atoms with E-state index in [2.05, 4.69) is 20.6 Å². The number of aromatic amines is 1. The van der Waals surface area contributed by atoms with Crippen LogP contribution in [0.1, 0.15) is 11.1 Å². The lowest BCUT2D eigenvalue weighted by Gasteiger charge is -2.16. The van der Waals surface area contributed by atoms with Crippen LogP contribution < -0.4 is 24.8 Å². The molecule has 0 aliphatic carbocycles. The van der Waals surface area contributed by atoms with Crippen LogP contribution in [0.15, 0.2) is 41.5 Å². The predicted octanol–water partition coefficient (Wildman–Crippen LogP) is 3.28. The van der Waals surface area contributed by atoms with Gasteiger partial charge in [0.2, 0.25) is 0 Å². The van der Waals surface area contributed by atoms with E-state index in [1.807, 2.05) is 18.3 Å². The minimum Gasteiger partial charge on any atom is -0.496 e. The Hall–Kier alpha value is -3.42. The molecular weight excluding hydrogens is 399 g/mol. The largest absolute Gasteiger partial charge is 0.496 e. The highest BCUT2D eigenvalue weighted by atomic mass is 19.1. The maximum absolute atomic E-state index is 13.5. The molecule has 0 fully saturated rings. The van der Waals surface area contributed by atoms with E-state index in [4.69, 9.17) is 14.2 Å². The minimum absolute atomic E-state index is 0.233. The van der Waals surface area contributed by atoms with E-state index in [1.54, 1.807) is 40.5 Å². The number of nitrogens with zero attached hydrogens (tertiary/aromatic N) is 1. The first-order valence-corrected chi connectivity index (χ1v) is 10.1. The van der Waals surface area contributed by atoms with Crippen molar-refractivity contribution in [1.82, 2.24) is 15.6 Å². The fourth-order valence-corrected chi connectivity index (χ4v) is 3.52. The first-order valence-electron chi connectivity index (χ1n) is 10.1. The van der Waals surface area contributed by atoms with Crippen LogP contribution in [0.25, 0.3) is 10.9 Å². The van der Waals surface area contributed by atoms with Crippen molar-refractivity contribution in [2.45, 2.75) is 12.8 Å². The normalized spacial score (nSPS) is 11.5. The first-order chi connectivity index (χ1) is 15.1. The molecule has 31 heavy (non-hydrogen) atoms. The second-order valence-corrected chi connectivity index (χ2v) is 6.94. The molecule has 0 amide bonds. The molecule has 0 radical (unpaired) electrons. The number of nitrogens with one attached hydrogen (secondary N) is 3. The summed E-state index contributed by atoms with van der Waals surface area (Å²) in [6.07, 6.45) is 3.34. The summed E-state index contributed by atoms with van der Waals surface area (Å²) in [6, 6.07) is 8.46. The van der Waals surface area contributed by atoms with E-state index < -0.39 is 0 Å². The molecule has 0 bridgehead atoms. The molecule has 166 valence electrons. The molecule has 8 heteroatoms. The third-order valence-electron chi connectivity index (χ3n) is 5.12. The zero-order valence-corrected chi connectivity index (χ0v) is 18.3. The van der Waals surface area contributed by atoms with Crippen LogP contribution in [-0.4, -0.2) is 52.4 Å². The third-order valence-corrected chi connectivity index (χ3v) is 5.12. The monoisotopic (exact) mass is 428 g/mol. The Bertz CT molecular complexity index is 1020. The summed E-state index contributed by atoms with van der Waals surface area (Å²) >= 11 is 0. The van der Waals surface area contributed by atoms with Gasteiger partial charge in [0, 0.05) is 54.9 Å². The minimum atomic E-state index is -0.233. The number of methoxy groups -OCH3 is 3. The quantitative estimate of drug-likeness (QED) is 0.360. The number of aromatic nitrogens is 1. The van der Waals surface area contributed by atoms with E-state index in [-0.39, 0.29) is 5.82 Å². The van der Waals surface area contributed by atoms with E-state index in [1.165, 1.54) is 6.07 Å². The predicted molar refractivity (Wildman–Crippen MR) is 121 cm³/mol. The average molecular weight is 429 g/mol. The van der Waals surface area contributed by atoms with Crippen molar-refractivity contribution in [3.8, 4) is 17.2 Å². The van der Waals surface area contributed by atoms with Crippen LogP contribution in [0.5, 0.6) is 17.2 Å². The molecule has 7 nitrogen and oxygen atoms in total. The Morgan fingerprint density at radius 2 is 1.65 bits per heavy atom. The van der Waals surface area contributed by atoms with Crippen molar-refractivity contribution in [3.63, 3.8) is 0 Å². The maximum Gasteiger partial charge on any atom is 0.190 e. The van der Waals surface area contributed by atoms with Crippen LogP contribution in [-0.2, 0) is 12.8 Å². The zero-order chi connectivity index (χ0) is 22.2. The van der Waals surface area contributed by atoms with E-state index in [0.717, 1.165) is 28.5 Å². The molecule has 3 N–H and O–H groups in total. The Labute approximate surface area is 181 Å². The maximum atomic E-state index is 13.5. The topological polar surface area (TPSA) is 79.9 Å². The molecule has 0 aliphatic heterocycles. The molecule has 1 aromatic heterocycles. The second-order valence-electron chi connectivity index (χ2n) is 6.94. The summed E-state index contributed by atoms with van der Waals surface area (Å²) in [5.74, 6) is 2.57. The fourth-order valence-electron chi connectivity index (χ4n) is 3.52. The number of guanidine groups is 1. The summed E-state index contributed by atoms with van der Waals surface area (Å²) < 4.78 is 29.8. The van der Waals surface area contributed by atoms with Gasteiger partial charge in [-0.3, -0.25) is 4.99 Å². The number of benzene rings is 2. The number of halogens is 1. The van der Waals surface area contributed by atoms with E-state index >= 15 is 0 Å². The van der Waals surface area contributed by atoms with Gasteiger partial charge < -0.3 is 29.8 Å². The highest BCUT2D eigenvalue weighted by Gasteiger charge is 2.13. The smallest absolute Gasteiger partial charge is 0.190 e. The molecule has 3 aromatic rings. The van der Waals surface area contributed by atoms with Crippen LogP contribution in [0, 0.1) is 5.82 Å². The average Bonchev–Trinajstić information content (AvgIpc) is 3.19. The zero-order valence-electron chi connectivity index (χ0n) is 18.3. The number of fused-ring (bicyclic) bond motifs is 1. The highest BCUT2D eigenvalue weighted by Crippen LogP contribution is 2.34. The fraction of sp³-hybridized carbons (Fsp3) is 0.348. The Kier molecular flexibility index (Phi) is 7.59. The summed E-state index contributed by atoms with van der Waals surface area (Å²) in [5.41, 5.74) is 2.95. The van der Waals surface area contributed by atoms with Crippen molar-refractivity contribution < 1.29 is 18.6 Å². The highest BCUT2D eigenvalue weighted by molar-refractivity contribution is 5.83.